The summed E-state index contributed by atoms with van der Waals surface area (Å²) in [5, 5.41) is 0. The van der Waals surface area contributed by atoms with Gasteiger partial charge in [0.2, 0.25) is 5.78 Å². The van der Waals surface area contributed by atoms with Crippen LogP contribution in [0, 0.1) is 6.92 Å². The number of ketones is 1. The summed E-state index contributed by atoms with van der Waals surface area (Å²) >= 11 is 0. The first-order valence-electron chi connectivity index (χ1n) is 10.2. The number of hydrogen-bond acceptors (Lipinski definition) is 4. The monoisotopic (exact) mass is 375 g/mol. The molecule has 2 aliphatic heterocycles. The molecule has 0 atom stereocenters. The van der Waals surface area contributed by atoms with Crippen molar-refractivity contribution in [1.29, 1.82) is 0 Å². The van der Waals surface area contributed by atoms with Crippen LogP contribution in [0.15, 0.2) is 42.2 Å². The van der Waals surface area contributed by atoms with Crippen LogP contribution >= 0.6 is 0 Å². The summed E-state index contributed by atoms with van der Waals surface area (Å²) in [5.41, 5.74) is 3.65. The number of allylic oxidation sites excluding steroid dienone is 1. The average Bonchev–Trinajstić information content (AvgIpc) is 3.05. The summed E-state index contributed by atoms with van der Waals surface area (Å²) in [7, 11) is 0. The zero-order valence-electron chi connectivity index (χ0n) is 16.2. The number of hydrogen-bond donors (Lipinski definition) is 0. The van der Waals surface area contributed by atoms with Gasteiger partial charge in [0.25, 0.3) is 0 Å². The van der Waals surface area contributed by atoms with Gasteiger partial charge in [-0.25, -0.2) is 0 Å². The third kappa shape index (κ3) is 3.02. The van der Waals surface area contributed by atoms with Crippen LogP contribution in [0.3, 0.4) is 0 Å². The lowest BCUT2D eigenvalue weighted by Gasteiger charge is -2.37. The van der Waals surface area contributed by atoms with Crippen molar-refractivity contribution in [1.82, 2.24) is 4.90 Å². The van der Waals surface area contributed by atoms with Crippen LogP contribution in [0.1, 0.15) is 59.2 Å². The lowest BCUT2D eigenvalue weighted by molar-refractivity contribution is 0.0397. The van der Waals surface area contributed by atoms with E-state index in [-0.39, 0.29) is 5.78 Å². The van der Waals surface area contributed by atoms with Gasteiger partial charge in [-0.2, -0.15) is 0 Å². The molecular weight excluding hydrogens is 350 g/mol. The summed E-state index contributed by atoms with van der Waals surface area (Å²) in [6.07, 6.45) is 8.25. The van der Waals surface area contributed by atoms with E-state index in [1.54, 1.807) is 0 Å². The van der Waals surface area contributed by atoms with Gasteiger partial charge in [-0.3, -0.25) is 9.69 Å². The Hall–Kier alpha value is -2.59. The molecule has 28 heavy (non-hydrogen) atoms. The minimum atomic E-state index is -0.0421. The predicted molar refractivity (Wildman–Crippen MR) is 108 cm³/mol. The molecule has 1 fully saturated rings. The molecule has 0 bridgehead atoms. The quantitative estimate of drug-likeness (QED) is 0.685. The van der Waals surface area contributed by atoms with Gasteiger partial charge in [0.05, 0.1) is 5.56 Å². The third-order valence-corrected chi connectivity index (χ3v) is 6.15. The summed E-state index contributed by atoms with van der Waals surface area (Å²) in [4.78, 5) is 15.4. The van der Waals surface area contributed by atoms with Crippen molar-refractivity contribution in [2.24, 2.45) is 0 Å². The highest BCUT2D eigenvalue weighted by atomic mass is 16.5. The summed E-state index contributed by atoms with van der Waals surface area (Å²) in [6, 6.07) is 12.4. The minimum Gasteiger partial charge on any atom is -0.477 e. The number of nitrogens with zero attached hydrogens (tertiary/aromatic N) is 1. The maximum Gasteiger partial charge on any atom is 0.231 e. The number of rotatable bonds is 2. The van der Waals surface area contributed by atoms with Gasteiger partial charge >= 0.3 is 0 Å². The molecule has 2 aromatic carbocycles. The first kappa shape index (κ1) is 17.5. The van der Waals surface area contributed by atoms with Crippen molar-refractivity contribution in [2.45, 2.75) is 51.6 Å². The highest BCUT2D eigenvalue weighted by Gasteiger charge is 2.34. The Kier molecular flexibility index (Phi) is 4.44. The molecule has 4 nitrogen and oxygen atoms in total. The molecule has 0 unspecified atom stereocenters. The van der Waals surface area contributed by atoms with Gasteiger partial charge in [-0.05, 0) is 37.5 Å². The number of benzene rings is 2. The molecule has 4 heteroatoms. The van der Waals surface area contributed by atoms with Crippen molar-refractivity contribution >= 4 is 11.9 Å². The first-order valence-corrected chi connectivity index (χ1v) is 10.2. The average molecular weight is 375 g/mol. The highest BCUT2D eigenvalue weighted by molar-refractivity contribution is 6.15. The zero-order chi connectivity index (χ0) is 19.1. The Morgan fingerprint density at radius 2 is 1.86 bits per heavy atom. The second kappa shape index (κ2) is 7.10. The van der Waals surface area contributed by atoms with Crippen LogP contribution in [-0.4, -0.2) is 23.5 Å². The highest BCUT2D eigenvalue weighted by Crippen LogP contribution is 2.43. The van der Waals surface area contributed by atoms with Crippen LogP contribution in [0.2, 0.25) is 0 Å². The van der Waals surface area contributed by atoms with Crippen molar-refractivity contribution < 1.29 is 14.3 Å². The Balaban J connectivity index is 1.45. The van der Waals surface area contributed by atoms with Crippen molar-refractivity contribution in [2.75, 3.05) is 6.73 Å². The van der Waals surface area contributed by atoms with Crippen molar-refractivity contribution in [3.8, 4) is 11.5 Å². The molecule has 0 N–H and O–H groups in total. The number of carbonyl (C=O) groups is 1. The molecule has 2 heterocycles. The minimum absolute atomic E-state index is 0.0421. The molecule has 1 aliphatic carbocycles. The Morgan fingerprint density at radius 1 is 1.07 bits per heavy atom. The molecule has 0 radical (unpaired) electrons. The summed E-state index contributed by atoms with van der Waals surface area (Å²) < 4.78 is 12.1. The fourth-order valence-corrected chi connectivity index (χ4v) is 4.65. The van der Waals surface area contributed by atoms with Gasteiger partial charge in [0.1, 0.15) is 18.2 Å². The Morgan fingerprint density at radius 3 is 2.64 bits per heavy atom. The van der Waals surface area contributed by atoms with Crippen molar-refractivity contribution in [3.63, 3.8) is 0 Å². The molecule has 0 saturated heterocycles. The van der Waals surface area contributed by atoms with E-state index >= 15 is 0 Å². The van der Waals surface area contributed by atoms with E-state index in [0.717, 1.165) is 29.0 Å². The maximum atomic E-state index is 13.0. The van der Waals surface area contributed by atoms with Gasteiger partial charge in [0.15, 0.2) is 5.76 Å². The van der Waals surface area contributed by atoms with Crippen LogP contribution < -0.4 is 9.47 Å². The molecule has 0 spiro atoms. The molecule has 5 rings (SSSR count). The van der Waals surface area contributed by atoms with Crippen LogP contribution in [0.4, 0.5) is 0 Å². The number of fused-ring (bicyclic) bond motifs is 2. The van der Waals surface area contributed by atoms with E-state index in [1.807, 2.05) is 49.4 Å². The summed E-state index contributed by atoms with van der Waals surface area (Å²) in [5.74, 6) is 1.88. The van der Waals surface area contributed by atoms with E-state index in [4.69, 9.17) is 9.47 Å². The normalized spacial score (nSPS) is 21.2. The second-order valence-electron chi connectivity index (χ2n) is 8.03. The fourth-order valence-electron chi connectivity index (χ4n) is 4.65. The fraction of sp³-hybridized carbons (Fsp3) is 0.375. The molecule has 0 amide bonds. The second-order valence-corrected chi connectivity index (χ2v) is 8.03. The maximum absolute atomic E-state index is 13.0. The molecular formula is C24H25NO3. The molecule has 1 saturated carbocycles. The summed E-state index contributed by atoms with van der Waals surface area (Å²) in [6.45, 7) is 3.46. The van der Waals surface area contributed by atoms with Gasteiger partial charge in [0, 0.05) is 23.7 Å². The first-order chi connectivity index (χ1) is 13.7. The molecule has 144 valence electrons. The standard InChI is InChI=1S/C24H25NO3/c1-16-23-18(14-25(15-27-23)19-10-6-3-7-11-19)13-20-22(26)21(28-24(16)20)12-17-8-4-2-5-9-17/h2,4-5,8-9,12-13,19H,3,6-7,10-11,14-15H2,1H3/b21-12-. The Bertz CT molecular complexity index is 942. The van der Waals surface area contributed by atoms with Crippen LogP contribution in [-0.2, 0) is 6.54 Å². The lowest BCUT2D eigenvalue weighted by atomic mass is 9.93. The largest absolute Gasteiger partial charge is 0.477 e. The molecule has 3 aliphatic rings. The number of Topliss-reactive ketones (excluding diaryl/α,β-unsaturated/α-hetero) is 1. The zero-order valence-corrected chi connectivity index (χ0v) is 16.2. The Labute approximate surface area is 165 Å². The van der Waals surface area contributed by atoms with E-state index in [0.29, 0.717) is 29.8 Å². The molecule has 0 aromatic heterocycles. The van der Waals surface area contributed by atoms with E-state index in [1.165, 1.54) is 32.1 Å². The van der Waals surface area contributed by atoms with Crippen molar-refractivity contribution in [3.05, 3.63) is 64.4 Å². The van der Waals surface area contributed by atoms with E-state index in [2.05, 4.69) is 4.90 Å². The predicted octanol–water partition coefficient (Wildman–Crippen LogP) is 5.10. The van der Waals surface area contributed by atoms with Crippen LogP contribution in [0.25, 0.3) is 6.08 Å². The lowest BCUT2D eigenvalue weighted by Crippen LogP contribution is -2.41. The van der Waals surface area contributed by atoms with Gasteiger partial charge in [-0.15, -0.1) is 0 Å². The third-order valence-electron chi connectivity index (χ3n) is 6.15. The topological polar surface area (TPSA) is 38.8 Å². The SMILES string of the molecule is Cc1c2c(cc3c1O/C(=C\c1ccccc1)C3=O)CN(C1CCCCC1)CO2. The van der Waals surface area contributed by atoms with E-state index < -0.39 is 0 Å². The number of carbonyl (C=O) groups excluding carboxylic acids is 1. The molecule has 2 aromatic rings. The van der Waals surface area contributed by atoms with Gasteiger partial charge < -0.3 is 9.47 Å². The van der Waals surface area contributed by atoms with Gasteiger partial charge in [-0.1, -0.05) is 49.6 Å². The smallest absolute Gasteiger partial charge is 0.231 e. The number of ether oxygens (including phenoxy) is 2. The van der Waals surface area contributed by atoms with E-state index in [9.17, 15) is 4.79 Å². The van der Waals surface area contributed by atoms with Crippen LogP contribution in [0.5, 0.6) is 11.5 Å².